The Morgan fingerprint density at radius 2 is 1.77 bits per heavy atom. The maximum Gasteiger partial charge on any atom is 0.408 e. The molecule has 1 aromatic carbocycles. The van der Waals surface area contributed by atoms with Gasteiger partial charge < -0.3 is 25.0 Å². The van der Waals surface area contributed by atoms with E-state index in [9.17, 15) is 19.2 Å². The SMILES string of the molecule is C=CCN(C(=O)C(NC(=O)OC(C)(C)C)C(C)C)C(C(=O)NCC(=O)OC)c1cccc(C)c1C. The van der Waals surface area contributed by atoms with Crippen LogP contribution >= 0.6 is 0 Å². The molecule has 0 radical (unpaired) electrons. The number of hydrogen-bond donors (Lipinski definition) is 2. The number of carbonyl (C=O) groups excluding carboxylic acids is 4. The Hall–Kier alpha value is -3.36. The molecule has 35 heavy (non-hydrogen) atoms. The summed E-state index contributed by atoms with van der Waals surface area (Å²) < 4.78 is 9.97. The summed E-state index contributed by atoms with van der Waals surface area (Å²) in [7, 11) is 1.22. The highest BCUT2D eigenvalue weighted by Gasteiger charge is 2.37. The number of nitrogens with zero attached hydrogens (tertiary/aromatic N) is 1. The van der Waals surface area contributed by atoms with Gasteiger partial charge >= 0.3 is 12.1 Å². The van der Waals surface area contributed by atoms with Crippen LogP contribution in [0.25, 0.3) is 0 Å². The van der Waals surface area contributed by atoms with Crippen molar-refractivity contribution < 1.29 is 28.7 Å². The Labute approximate surface area is 208 Å². The highest BCUT2D eigenvalue weighted by atomic mass is 16.6. The lowest BCUT2D eigenvalue weighted by Crippen LogP contribution is -2.55. The minimum absolute atomic E-state index is 0.0295. The molecule has 194 valence electrons. The average molecular weight is 490 g/mol. The van der Waals surface area contributed by atoms with Gasteiger partial charge in [-0.1, -0.05) is 38.1 Å². The molecule has 0 heterocycles. The van der Waals surface area contributed by atoms with E-state index in [1.165, 1.54) is 18.1 Å². The first-order valence-electron chi connectivity index (χ1n) is 11.5. The van der Waals surface area contributed by atoms with Crippen LogP contribution in [0.1, 0.15) is 57.4 Å². The minimum Gasteiger partial charge on any atom is -0.468 e. The molecule has 9 nitrogen and oxygen atoms in total. The quantitative estimate of drug-likeness (QED) is 0.385. The van der Waals surface area contributed by atoms with E-state index >= 15 is 0 Å². The van der Waals surface area contributed by atoms with E-state index in [2.05, 4.69) is 21.9 Å². The largest absolute Gasteiger partial charge is 0.468 e. The van der Waals surface area contributed by atoms with Crippen LogP contribution < -0.4 is 10.6 Å². The van der Waals surface area contributed by atoms with Crippen molar-refractivity contribution in [2.24, 2.45) is 5.92 Å². The fourth-order valence-electron chi connectivity index (χ4n) is 3.44. The Bertz CT molecular complexity index is 936. The lowest BCUT2D eigenvalue weighted by Gasteiger charge is -2.35. The Balaban J connectivity index is 3.49. The summed E-state index contributed by atoms with van der Waals surface area (Å²) in [4.78, 5) is 52.7. The van der Waals surface area contributed by atoms with Gasteiger partial charge in [-0.15, -0.1) is 6.58 Å². The third kappa shape index (κ3) is 8.73. The van der Waals surface area contributed by atoms with E-state index in [1.54, 1.807) is 46.8 Å². The van der Waals surface area contributed by atoms with Crippen LogP contribution in [0.3, 0.4) is 0 Å². The molecule has 0 saturated heterocycles. The molecular weight excluding hydrogens is 450 g/mol. The van der Waals surface area contributed by atoms with E-state index in [0.29, 0.717) is 5.56 Å². The van der Waals surface area contributed by atoms with Crippen LogP contribution in [0.4, 0.5) is 4.79 Å². The summed E-state index contributed by atoms with van der Waals surface area (Å²) in [5.41, 5.74) is 1.62. The highest BCUT2D eigenvalue weighted by Crippen LogP contribution is 2.28. The molecule has 0 aromatic heterocycles. The van der Waals surface area contributed by atoms with Gasteiger partial charge in [0.1, 0.15) is 24.2 Å². The number of rotatable bonds is 10. The third-order valence-electron chi connectivity index (χ3n) is 5.35. The topological polar surface area (TPSA) is 114 Å². The van der Waals surface area contributed by atoms with Gasteiger partial charge in [-0.2, -0.15) is 0 Å². The van der Waals surface area contributed by atoms with Crippen molar-refractivity contribution in [2.75, 3.05) is 20.2 Å². The van der Waals surface area contributed by atoms with Gasteiger partial charge in [0, 0.05) is 6.54 Å². The maximum atomic E-state index is 13.8. The Morgan fingerprint density at radius 1 is 1.14 bits per heavy atom. The number of methoxy groups -OCH3 is 1. The van der Waals surface area contributed by atoms with Gasteiger partial charge in [-0.05, 0) is 57.2 Å². The molecule has 0 saturated carbocycles. The third-order valence-corrected chi connectivity index (χ3v) is 5.35. The average Bonchev–Trinajstić information content (AvgIpc) is 2.76. The number of carbonyl (C=O) groups is 4. The number of hydrogen-bond acceptors (Lipinski definition) is 6. The summed E-state index contributed by atoms with van der Waals surface area (Å²) in [5, 5.41) is 5.21. The number of amides is 3. The van der Waals surface area contributed by atoms with E-state index in [0.717, 1.165) is 11.1 Å². The monoisotopic (exact) mass is 489 g/mol. The van der Waals surface area contributed by atoms with Crippen molar-refractivity contribution in [1.29, 1.82) is 0 Å². The van der Waals surface area contributed by atoms with Crippen molar-refractivity contribution in [3.63, 3.8) is 0 Å². The molecule has 0 aliphatic heterocycles. The van der Waals surface area contributed by atoms with Crippen LogP contribution in [0.5, 0.6) is 0 Å². The number of esters is 1. The molecule has 2 N–H and O–H groups in total. The molecule has 0 aliphatic carbocycles. The number of aryl methyl sites for hydroxylation is 1. The fraction of sp³-hybridized carbons (Fsp3) is 0.538. The second-order valence-electron chi connectivity index (χ2n) is 9.63. The summed E-state index contributed by atoms with van der Waals surface area (Å²) in [6.45, 7) is 16.0. The van der Waals surface area contributed by atoms with E-state index < -0.39 is 41.6 Å². The van der Waals surface area contributed by atoms with Crippen molar-refractivity contribution in [3.05, 3.63) is 47.5 Å². The Morgan fingerprint density at radius 3 is 2.29 bits per heavy atom. The number of nitrogens with one attached hydrogen (secondary N) is 2. The van der Waals surface area contributed by atoms with Crippen molar-refractivity contribution in [3.8, 4) is 0 Å². The molecule has 0 spiro atoms. The minimum atomic E-state index is -1.08. The predicted octanol–water partition coefficient (Wildman–Crippen LogP) is 3.20. The smallest absolute Gasteiger partial charge is 0.408 e. The van der Waals surface area contributed by atoms with Gasteiger partial charge in [-0.3, -0.25) is 14.4 Å². The van der Waals surface area contributed by atoms with Crippen molar-refractivity contribution in [2.45, 2.75) is 66.2 Å². The van der Waals surface area contributed by atoms with Gasteiger partial charge in [0.2, 0.25) is 11.8 Å². The first kappa shape index (κ1) is 29.7. The first-order chi connectivity index (χ1) is 16.2. The standard InChI is InChI=1S/C26H39N3O6/c1-10-14-29(24(32)21(16(2)3)28-25(33)35-26(6,7)8)22(23(31)27-15-20(30)34-9)19-13-11-12-17(4)18(19)5/h10-13,16,21-22H,1,14-15H2,2-9H3,(H,27,31)(H,28,33). The molecule has 2 atom stereocenters. The molecular formula is C26H39N3O6. The van der Waals surface area contributed by atoms with Gasteiger partial charge in [-0.25, -0.2) is 4.79 Å². The van der Waals surface area contributed by atoms with Crippen LogP contribution in [0.2, 0.25) is 0 Å². The highest BCUT2D eigenvalue weighted by molar-refractivity contribution is 5.93. The zero-order valence-electron chi connectivity index (χ0n) is 22.1. The van der Waals surface area contributed by atoms with E-state index in [-0.39, 0.29) is 19.0 Å². The summed E-state index contributed by atoms with van der Waals surface area (Å²) in [5.74, 6) is -1.96. The maximum absolute atomic E-state index is 13.8. The van der Waals surface area contributed by atoms with Gasteiger partial charge in [0.05, 0.1) is 7.11 Å². The zero-order chi connectivity index (χ0) is 26.9. The van der Waals surface area contributed by atoms with Crippen molar-refractivity contribution >= 4 is 23.9 Å². The zero-order valence-corrected chi connectivity index (χ0v) is 22.1. The van der Waals surface area contributed by atoms with E-state index in [4.69, 9.17) is 4.74 Å². The molecule has 9 heteroatoms. The molecule has 1 rings (SSSR count). The predicted molar refractivity (Wildman–Crippen MR) is 134 cm³/mol. The molecule has 0 aliphatic rings. The summed E-state index contributed by atoms with van der Waals surface area (Å²) in [6, 6.07) is 3.42. The molecule has 0 fully saturated rings. The van der Waals surface area contributed by atoms with Gasteiger partial charge in [0.25, 0.3) is 0 Å². The lowest BCUT2D eigenvalue weighted by atomic mass is 9.94. The van der Waals surface area contributed by atoms with Crippen LogP contribution in [0, 0.1) is 19.8 Å². The number of ether oxygens (including phenoxy) is 2. The van der Waals surface area contributed by atoms with Crippen LogP contribution in [-0.2, 0) is 23.9 Å². The second kappa shape index (κ2) is 12.9. The molecule has 2 unspecified atom stereocenters. The van der Waals surface area contributed by atoms with E-state index in [1.807, 2.05) is 19.9 Å². The normalized spacial score (nSPS) is 12.8. The summed E-state index contributed by atoms with van der Waals surface area (Å²) >= 11 is 0. The summed E-state index contributed by atoms with van der Waals surface area (Å²) in [6.07, 6.45) is 0.774. The number of alkyl carbamates (subject to hydrolysis) is 1. The van der Waals surface area contributed by atoms with Crippen LogP contribution in [0.15, 0.2) is 30.9 Å². The number of benzene rings is 1. The van der Waals surface area contributed by atoms with Crippen molar-refractivity contribution in [1.82, 2.24) is 15.5 Å². The molecule has 1 aromatic rings. The molecule has 3 amide bonds. The van der Waals surface area contributed by atoms with Gasteiger partial charge in [0.15, 0.2) is 0 Å². The first-order valence-corrected chi connectivity index (χ1v) is 11.5. The fourth-order valence-corrected chi connectivity index (χ4v) is 3.44. The molecule has 0 bridgehead atoms. The Kier molecular flexibility index (Phi) is 11.0. The van der Waals surface area contributed by atoms with Crippen LogP contribution in [-0.4, -0.2) is 60.6 Å². The lowest BCUT2D eigenvalue weighted by molar-refractivity contribution is -0.144. The second-order valence-corrected chi connectivity index (χ2v) is 9.63.